The minimum atomic E-state index is 0.0982. The van der Waals surface area contributed by atoms with Crippen LogP contribution in [-0.4, -0.2) is 19.1 Å². The van der Waals surface area contributed by atoms with Gasteiger partial charge in [0.05, 0.1) is 0 Å². The molecule has 0 spiro atoms. The van der Waals surface area contributed by atoms with Crippen molar-refractivity contribution in [2.45, 2.75) is 39.0 Å². The summed E-state index contributed by atoms with van der Waals surface area (Å²) in [5.74, 6) is 0.755. The maximum atomic E-state index is 12.2. The first-order valence-corrected chi connectivity index (χ1v) is 7.19. The topological polar surface area (TPSA) is 38.3 Å². The van der Waals surface area contributed by atoms with Gasteiger partial charge in [-0.15, -0.1) is 0 Å². The number of carbonyl (C=O) groups is 1. The lowest BCUT2D eigenvalue weighted by Crippen LogP contribution is -2.28. The molecule has 3 heteroatoms. The summed E-state index contributed by atoms with van der Waals surface area (Å²) in [5, 5.41) is 3.04. The number of carbonyl (C=O) groups excluding carboxylic acids is 1. The molecule has 0 saturated carbocycles. The van der Waals surface area contributed by atoms with Crippen LogP contribution in [0, 0.1) is 5.92 Å². The van der Waals surface area contributed by atoms with Gasteiger partial charge in [0.2, 0.25) is 5.91 Å². The number of amides is 1. The van der Waals surface area contributed by atoms with E-state index in [2.05, 4.69) is 31.3 Å². The average molecular weight is 261 g/mol. The van der Waals surface area contributed by atoms with Crippen LogP contribution in [0.1, 0.15) is 44.6 Å². The van der Waals surface area contributed by atoms with Crippen LogP contribution in [0.5, 0.6) is 0 Å². The maximum absolute atomic E-state index is 12.2. The summed E-state index contributed by atoms with van der Waals surface area (Å²) in [6, 6.07) is 8.19. The van der Waals surface area contributed by atoms with E-state index in [9.17, 15) is 4.79 Å². The Balaban J connectivity index is 2.00. The van der Waals surface area contributed by atoms with Gasteiger partial charge in [-0.05, 0) is 42.9 Å². The molecule has 0 aliphatic carbocycles. The molecule has 1 fully saturated rings. The fraction of sp³-hybridized carbons (Fsp3) is 0.562. The van der Waals surface area contributed by atoms with Crippen molar-refractivity contribution in [3.63, 3.8) is 0 Å². The van der Waals surface area contributed by atoms with E-state index in [0.717, 1.165) is 24.9 Å². The first-order chi connectivity index (χ1) is 9.20. The lowest BCUT2D eigenvalue weighted by atomic mass is 9.97. The van der Waals surface area contributed by atoms with Crippen LogP contribution < -0.4 is 5.32 Å². The van der Waals surface area contributed by atoms with Gasteiger partial charge in [-0.25, -0.2) is 0 Å². The third-order valence-electron chi connectivity index (χ3n) is 3.93. The molecular weight excluding hydrogens is 238 g/mol. The number of rotatable bonds is 4. The number of nitrogens with one attached hydrogen (secondary N) is 1. The summed E-state index contributed by atoms with van der Waals surface area (Å²) in [6.45, 7) is 5.79. The fourth-order valence-corrected chi connectivity index (χ4v) is 2.36. The molecule has 104 valence electrons. The second-order valence-corrected chi connectivity index (χ2v) is 5.31. The second kappa shape index (κ2) is 6.71. The predicted molar refractivity (Wildman–Crippen MR) is 77.3 cm³/mol. The molecule has 1 N–H and O–H groups in total. The zero-order valence-corrected chi connectivity index (χ0v) is 11.8. The van der Waals surface area contributed by atoms with Gasteiger partial charge >= 0.3 is 0 Å². The lowest BCUT2D eigenvalue weighted by molar-refractivity contribution is -0.122. The number of hydrogen-bond donors (Lipinski definition) is 1. The van der Waals surface area contributed by atoms with E-state index >= 15 is 0 Å². The summed E-state index contributed by atoms with van der Waals surface area (Å²) in [4.78, 5) is 12.2. The highest BCUT2D eigenvalue weighted by Gasteiger charge is 2.21. The average Bonchev–Trinajstić information content (AvgIpc) is 2.47. The molecule has 19 heavy (non-hydrogen) atoms. The first kappa shape index (κ1) is 14.1. The Hall–Kier alpha value is -1.35. The van der Waals surface area contributed by atoms with Crippen LogP contribution in [-0.2, 0) is 9.53 Å². The fourth-order valence-electron chi connectivity index (χ4n) is 2.36. The standard InChI is InChI=1S/C16H23NO2/c1-3-12(2)14-5-4-6-15(11-14)17-16(18)13-7-9-19-10-8-13/h4-6,11-13H,3,7-10H2,1-2H3,(H,17,18). The van der Waals surface area contributed by atoms with Gasteiger partial charge in [-0.2, -0.15) is 0 Å². The molecule has 1 atom stereocenters. The normalized spacial score (nSPS) is 18.0. The van der Waals surface area contributed by atoms with Crippen molar-refractivity contribution in [2.75, 3.05) is 18.5 Å². The van der Waals surface area contributed by atoms with Gasteiger partial charge in [0, 0.05) is 24.8 Å². The molecule has 1 aliphatic rings. The van der Waals surface area contributed by atoms with E-state index in [1.165, 1.54) is 5.56 Å². The van der Waals surface area contributed by atoms with Gasteiger partial charge in [0.25, 0.3) is 0 Å². The van der Waals surface area contributed by atoms with Gasteiger partial charge in [-0.3, -0.25) is 4.79 Å². The van der Waals surface area contributed by atoms with Gasteiger partial charge < -0.3 is 10.1 Å². The Morgan fingerprint density at radius 3 is 2.84 bits per heavy atom. The summed E-state index contributed by atoms with van der Waals surface area (Å²) >= 11 is 0. The third kappa shape index (κ3) is 3.80. The summed E-state index contributed by atoms with van der Waals surface area (Å²) in [5.41, 5.74) is 2.20. The third-order valence-corrected chi connectivity index (χ3v) is 3.93. The van der Waals surface area contributed by atoms with Crippen molar-refractivity contribution in [3.05, 3.63) is 29.8 Å². The number of ether oxygens (including phenoxy) is 1. The van der Waals surface area contributed by atoms with Crippen LogP contribution in [0.2, 0.25) is 0 Å². The van der Waals surface area contributed by atoms with E-state index in [0.29, 0.717) is 19.1 Å². The summed E-state index contributed by atoms with van der Waals surface area (Å²) in [7, 11) is 0. The van der Waals surface area contributed by atoms with Gasteiger partial charge in [-0.1, -0.05) is 26.0 Å². The molecule has 1 saturated heterocycles. The zero-order chi connectivity index (χ0) is 13.7. The molecule has 2 rings (SSSR count). The Morgan fingerprint density at radius 2 is 2.16 bits per heavy atom. The van der Waals surface area contributed by atoms with E-state index in [1.54, 1.807) is 0 Å². The lowest BCUT2D eigenvalue weighted by Gasteiger charge is -2.21. The highest BCUT2D eigenvalue weighted by molar-refractivity contribution is 5.92. The van der Waals surface area contributed by atoms with E-state index in [1.807, 2.05) is 12.1 Å². The number of anilines is 1. The van der Waals surface area contributed by atoms with E-state index < -0.39 is 0 Å². The van der Waals surface area contributed by atoms with Crippen LogP contribution in [0.4, 0.5) is 5.69 Å². The monoisotopic (exact) mass is 261 g/mol. The SMILES string of the molecule is CCC(C)c1cccc(NC(=O)C2CCOCC2)c1. The van der Waals surface area contributed by atoms with Gasteiger partial charge in [0.1, 0.15) is 0 Å². The van der Waals surface area contributed by atoms with Crippen LogP contribution in [0.25, 0.3) is 0 Å². The predicted octanol–water partition coefficient (Wildman–Crippen LogP) is 3.57. The van der Waals surface area contributed by atoms with Crippen LogP contribution in [0.15, 0.2) is 24.3 Å². The largest absolute Gasteiger partial charge is 0.381 e. The summed E-state index contributed by atoms with van der Waals surface area (Å²) < 4.78 is 5.29. The minimum Gasteiger partial charge on any atom is -0.381 e. The van der Waals surface area contributed by atoms with E-state index in [4.69, 9.17) is 4.74 Å². The smallest absolute Gasteiger partial charge is 0.227 e. The summed E-state index contributed by atoms with van der Waals surface area (Å²) in [6.07, 6.45) is 2.77. The Bertz CT molecular complexity index is 425. The second-order valence-electron chi connectivity index (χ2n) is 5.31. The molecule has 1 aliphatic heterocycles. The minimum absolute atomic E-state index is 0.0982. The number of hydrogen-bond acceptors (Lipinski definition) is 2. The van der Waals surface area contributed by atoms with E-state index in [-0.39, 0.29) is 11.8 Å². The van der Waals surface area contributed by atoms with Crippen molar-refractivity contribution in [3.8, 4) is 0 Å². The highest BCUT2D eigenvalue weighted by atomic mass is 16.5. The molecule has 0 bridgehead atoms. The van der Waals surface area contributed by atoms with Crippen molar-refractivity contribution in [1.29, 1.82) is 0 Å². The molecule has 1 amide bonds. The maximum Gasteiger partial charge on any atom is 0.227 e. The molecule has 1 unspecified atom stereocenters. The molecular formula is C16H23NO2. The zero-order valence-electron chi connectivity index (χ0n) is 11.8. The molecule has 3 nitrogen and oxygen atoms in total. The highest BCUT2D eigenvalue weighted by Crippen LogP contribution is 2.23. The van der Waals surface area contributed by atoms with Crippen LogP contribution >= 0.6 is 0 Å². The molecule has 1 heterocycles. The quantitative estimate of drug-likeness (QED) is 0.900. The van der Waals surface area contributed by atoms with Crippen LogP contribution in [0.3, 0.4) is 0 Å². The Morgan fingerprint density at radius 1 is 1.42 bits per heavy atom. The first-order valence-electron chi connectivity index (χ1n) is 7.19. The van der Waals surface area contributed by atoms with Gasteiger partial charge in [0.15, 0.2) is 0 Å². The Labute approximate surface area is 115 Å². The van der Waals surface area contributed by atoms with Crippen molar-refractivity contribution in [2.24, 2.45) is 5.92 Å². The van der Waals surface area contributed by atoms with Crippen molar-refractivity contribution < 1.29 is 9.53 Å². The van der Waals surface area contributed by atoms with Crippen molar-refractivity contribution >= 4 is 11.6 Å². The molecule has 1 aromatic carbocycles. The number of benzene rings is 1. The Kier molecular flexibility index (Phi) is 4.97. The molecule has 1 aromatic rings. The van der Waals surface area contributed by atoms with Crippen molar-refractivity contribution in [1.82, 2.24) is 0 Å². The molecule has 0 aromatic heterocycles. The molecule has 0 radical (unpaired) electrons.